The van der Waals surface area contributed by atoms with E-state index in [2.05, 4.69) is 4.98 Å². The highest BCUT2D eigenvalue weighted by Gasteiger charge is 2.29. The number of hydrogen-bond acceptors (Lipinski definition) is 5. The maximum absolute atomic E-state index is 11.0. The Kier molecular flexibility index (Phi) is 3.70. The van der Waals surface area contributed by atoms with Crippen molar-refractivity contribution in [2.75, 3.05) is 11.4 Å². The summed E-state index contributed by atoms with van der Waals surface area (Å²) in [6.45, 7) is 2.75. The normalized spacial score (nSPS) is 14.5. The van der Waals surface area contributed by atoms with Crippen molar-refractivity contribution >= 4 is 50.4 Å². The Morgan fingerprint density at radius 3 is 2.85 bits per heavy atom. The number of hydrogen-bond donors (Lipinski definition) is 1. The number of carboxylic acids is 1. The molecule has 3 rings (SSSR count). The van der Waals surface area contributed by atoms with Crippen LogP contribution >= 0.6 is 34.3 Å². The fourth-order valence-electron chi connectivity index (χ4n) is 2.00. The third-order valence-corrected chi connectivity index (χ3v) is 5.92. The zero-order valence-electron chi connectivity index (χ0n) is 10.8. The molecule has 2 heterocycles. The molecule has 0 unspecified atom stereocenters. The maximum atomic E-state index is 11.0. The van der Waals surface area contributed by atoms with Crippen LogP contribution in [0.25, 0.3) is 0 Å². The van der Waals surface area contributed by atoms with Gasteiger partial charge in [-0.05, 0) is 31.7 Å². The zero-order chi connectivity index (χ0) is 14.3. The molecular weight excluding hydrogens is 316 g/mol. The number of nitrogens with zero attached hydrogens (tertiary/aromatic N) is 2. The van der Waals surface area contributed by atoms with Gasteiger partial charge in [-0.3, -0.25) is 0 Å². The lowest BCUT2D eigenvalue weighted by Crippen LogP contribution is -2.14. The molecule has 0 aliphatic heterocycles. The average Bonchev–Trinajstić information content (AvgIpc) is 3.00. The number of halogens is 1. The molecule has 2 aromatic heterocycles. The van der Waals surface area contributed by atoms with Crippen molar-refractivity contribution in [1.29, 1.82) is 0 Å². The largest absolute Gasteiger partial charge is 0.477 e. The number of thiazole rings is 1. The standard InChI is InChI=1S/C13H13ClN2O2S2/c1-2-16(13-15-6-9(19-13)12(17)18)10-5-8(14)11(20-10)7-3-4-7/h5-7H,2-4H2,1H3,(H,17,18). The Morgan fingerprint density at radius 2 is 2.30 bits per heavy atom. The van der Waals surface area contributed by atoms with E-state index in [-0.39, 0.29) is 4.88 Å². The van der Waals surface area contributed by atoms with Crippen LogP contribution in [0.4, 0.5) is 10.1 Å². The van der Waals surface area contributed by atoms with Gasteiger partial charge in [0.05, 0.1) is 16.2 Å². The van der Waals surface area contributed by atoms with E-state index in [4.69, 9.17) is 16.7 Å². The number of aromatic carboxylic acids is 1. The number of thiophene rings is 1. The molecule has 20 heavy (non-hydrogen) atoms. The fourth-order valence-corrected chi connectivity index (χ4v) is 4.62. The van der Waals surface area contributed by atoms with E-state index in [1.807, 2.05) is 17.9 Å². The molecule has 1 aliphatic rings. The summed E-state index contributed by atoms with van der Waals surface area (Å²) in [4.78, 5) is 18.7. The molecule has 0 radical (unpaired) electrons. The number of aromatic nitrogens is 1. The van der Waals surface area contributed by atoms with Gasteiger partial charge in [0.1, 0.15) is 4.88 Å². The molecule has 0 aromatic carbocycles. The van der Waals surface area contributed by atoms with Crippen molar-refractivity contribution in [2.45, 2.75) is 25.7 Å². The average molecular weight is 329 g/mol. The predicted octanol–water partition coefficient (Wildman–Crippen LogP) is 4.59. The molecule has 1 aliphatic carbocycles. The highest BCUT2D eigenvalue weighted by molar-refractivity contribution is 7.19. The molecule has 0 amide bonds. The number of anilines is 2. The summed E-state index contributed by atoms with van der Waals surface area (Å²) < 4.78 is 0. The Morgan fingerprint density at radius 1 is 1.55 bits per heavy atom. The first-order chi connectivity index (χ1) is 9.60. The first-order valence-corrected chi connectivity index (χ1v) is 8.37. The minimum Gasteiger partial charge on any atom is -0.477 e. The highest BCUT2D eigenvalue weighted by atomic mass is 35.5. The summed E-state index contributed by atoms with van der Waals surface area (Å²) in [5.41, 5.74) is 0. The Bertz CT molecular complexity index is 649. The van der Waals surface area contributed by atoms with Gasteiger partial charge in [0.15, 0.2) is 5.13 Å². The molecule has 0 bridgehead atoms. The third kappa shape index (κ3) is 2.55. The lowest BCUT2D eigenvalue weighted by atomic mass is 10.3. The number of carbonyl (C=O) groups is 1. The van der Waals surface area contributed by atoms with Crippen molar-refractivity contribution in [2.24, 2.45) is 0 Å². The van der Waals surface area contributed by atoms with Crippen molar-refractivity contribution in [3.05, 3.63) is 27.0 Å². The molecule has 1 fully saturated rings. The van der Waals surface area contributed by atoms with Crippen molar-refractivity contribution in [1.82, 2.24) is 4.98 Å². The summed E-state index contributed by atoms with van der Waals surface area (Å²) in [5.74, 6) is -0.321. The van der Waals surface area contributed by atoms with Crippen LogP contribution in [0.15, 0.2) is 12.3 Å². The Hall–Kier alpha value is -1.11. The summed E-state index contributed by atoms with van der Waals surface area (Å²) in [6, 6.07) is 1.96. The molecule has 2 aromatic rings. The Labute approximate surface area is 129 Å². The van der Waals surface area contributed by atoms with E-state index in [1.54, 1.807) is 11.3 Å². The quantitative estimate of drug-likeness (QED) is 0.872. The summed E-state index contributed by atoms with van der Waals surface area (Å²) in [6.07, 6.45) is 3.83. The van der Waals surface area contributed by atoms with Gasteiger partial charge >= 0.3 is 5.97 Å². The topological polar surface area (TPSA) is 53.4 Å². The van der Waals surface area contributed by atoms with Crippen LogP contribution < -0.4 is 4.90 Å². The summed E-state index contributed by atoms with van der Waals surface area (Å²) in [7, 11) is 0. The van der Waals surface area contributed by atoms with Crippen LogP contribution in [0.2, 0.25) is 5.02 Å². The maximum Gasteiger partial charge on any atom is 0.347 e. The first-order valence-electron chi connectivity index (χ1n) is 6.36. The molecular formula is C13H13ClN2O2S2. The van der Waals surface area contributed by atoms with E-state index >= 15 is 0 Å². The van der Waals surface area contributed by atoms with Gasteiger partial charge in [-0.15, -0.1) is 11.3 Å². The molecule has 0 atom stereocenters. The number of carboxylic acid groups (broad SMARTS) is 1. The van der Waals surface area contributed by atoms with E-state index in [9.17, 15) is 4.79 Å². The molecule has 0 saturated heterocycles. The van der Waals surface area contributed by atoms with E-state index in [1.165, 1.54) is 35.3 Å². The number of rotatable bonds is 5. The molecule has 4 nitrogen and oxygen atoms in total. The second kappa shape index (κ2) is 5.35. The van der Waals surface area contributed by atoms with Gasteiger partial charge in [-0.1, -0.05) is 22.9 Å². The van der Waals surface area contributed by atoms with Gasteiger partial charge in [-0.2, -0.15) is 0 Å². The lowest BCUT2D eigenvalue weighted by molar-refractivity contribution is 0.0702. The first kappa shape index (κ1) is 13.9. The predicted molar refractivity (Wildman–Crippen MR) is 83.1 cm³/mol. The fraction of sp³-hybridized carbons (Fsp3) is 0.385. The molecule has 1 N–H and O–H groups in total. The second-order valence-corrected chi connectivity index (χ2v) is 7.11. The van der Waals surface area contributed by atoms with Gasteiger partial charge in [-0.25, -0.2) is 9.78 Å². The van der Waals surface area contributed by atoms with Crippen molar-refractivity contribution < 1.29 is 9.90 Å². The monoisotopic (exact) mass is 328 g/mol. The highest BCUT2D eigenvalue weighted by Crippen LogP contribution is 2.50. The van der Waals surface area contributed by atoms with Crippen LogP contribution in [-0.4, -0.2) is 22.6 Å². The van der Waals surface area contributed by atoms with Crippen LogP contribution in [0.3, 0.4) is 0 Å². The van der Waals surface area contributed by atoms with E-state index in [0.717, 1.165) is 16.6 Å². The summed E-state index contributed by atoms with van der Waals surface area (Å²) in [5, 5.41) is 11.5. The third-order valence-electron chi connectivity index (χ3n) is 3.17. The van der Waals surface area contributed by atoms with Gasteiger partial charge in [0.25, 0.3) is 0 Å². The molecule has 106 valence electrons. The van der Waals surface area contributed by atoms with Crippen LogP contribution in [-0.2, 0) is 0 Å². The zero-order valence-corrected chi connectivity index (χ0v) is 13.2. The van der Waals surface area contributed by atoms with Gasteiger partial charge in [0.2, 0.25) is 0 Å². The SMILES string of the molecule is CCN(c1cc(Cl)c(C2CC2)s1)c1ncc(C(=O)O)s1. The van der Waals surface area contributed by atoms with Crippen LogP contribution in [0, 0.1) is 0 Å². The Balaban J connectivity index is 1.91. The van der Waals surface area contributed by atoms with Crippen LogP contribution in [0.1, 0.15) is 40.2 Å². The van der Waals surface area contributed by atoms with Crippen molar-refractivity contribution in [3.63, 3.8) is 0 Å². The summed E-state index contributed by atoms with van der Waals surface area (Å²) >= 11 is 9.17. The van der Waals surface area contributed by atoms with E-state index in [0.29, 0.717) is 11.0 Å². The minimum absolute atomic E-state index is 0.253. The van der Waals surface area contributed by atoms with Gasteiger partial charge < -0.3 is 10.0 Å². The molecule has 7 heteroatoms. The van der Waals surface area contributed by atoms with Gasteiger partial charge in [0, 0.05) is 11.4 Å². The smallest absolute Gasteiger partial charge is 0.347 e. The lowest BCUT2D eigenvalue weighted by Gasteiger charge is -2.17. The second-order valence-electron chi connectivity index (χ2n) is 4.63. The van der Waals surface area contributed by atoms with E-state index < -0.39 is 5.97 Å². The van der Waals surface area contributed by atoms with Crippen LogP contribution in [0.5, 0.6) is 0 Å². The minimum atomic E-state index is -0.937. The molecule has 0 spiro atoms. The molecule has 1 saturated carbocycles. The van der Waals surface area contributed by atoms with Crippen molar-refractivity contribution in [3.8, 4) is 0 Å².